The van der Waals surface area contributed by atoms with Crippen molar-refractivity contribution in [3.8, 4) is 0 Å². The summed E-state index contributed by atoms with van der Waals surface area (Å²) < 4.78 is 1.98. The fourth-order valence-electron chi connectivity index (χ4n) is 1.24. The van der Waals surface area contributed by atoms with E-state index < -0.39 is 0 Å². The molecule has 3 nitrogen and oxygen atoms in total. The maximum Gasteiger partial charge on any atom is 0.278 e. The summed E-state index contributed by atoms with van der Waals surface area (Å²) >= 11 is 0. The van der Waals surface area contributed by atoms with Gasteiger partial charge in [0.05, 0.1) is 7.05 Å². The van der Waals surface area contributed by atoms with Gasteiger partial charge in [0.15, 0.2) is 0 Å². The van der Waals surface area contributed by atoms with Crippen molar-refractivity contribution in [3.05, 3.63) is 18.0 Å². The monoisotopic (exact) mass is 180 g/mol. The molecule has 0 fully saturated rings. The lowest BCUT2D eigenvalue weighted by Gasteiger charge is -2.04. The van der Waals surface area contributed by atoms with Crippen molar-refractivity contribution in [2.24, 2.45) is 7.05 Å². The molecule has 0 aliphatic rings. The van der Waals surface area contributed by atoms with Crippen molar-refractivity contribution < 1.29 is 4.57 Å². The normalized spacial score (nSPS) is 11.3. The molecule has 0 amide bonds. The van der Waals surface area contributed by atoms with E-state index >= 15 is 0 Å². The number of hydrogen-bond donors (Lipinski definition) is 0. The van der Waals surface area contributed by atoms with Crippen LogP contribution in [-0.4, -0.2) is 9.97 Å². The highest BCUT2D eigenvalue weighted by atomic mass is 15.1. The van der Waals surface area contributed by atoms with E-state index in [0.29, 0.717) is 11.8 Å². The van der Waals surface area contributed by atoms with E-state index in [1.807, 2.05) is 17.9 Å². The summed E-state index contributed by atoms with van der Waals surface area (Å²) in [5, 5.41) is 0. The van der Waals surface area contributed by atoms with Crippen LogP contribution in [0.25, 0.3) is 0 Å². The third-order valence-corrected chi connectivity index (χ3v) is 1.99. The molecule has 0 unspecified atom stereocenters. The summed E-state index contributed by atoms with van der Waals surface area (Å²) in [7, 11) is 1.99. The number of nitrogens with zero attached hydrogens (tertiary/aromatic N) is 3. The Balaban J connectivity index is 3.11. The van der Waals surface area contributed by atoms with Crippen LogP contribution in [-0.2, 0) is 7.05 Å². The van der Waals surface area contributed by atoms with E-state index in [1.165, 1.54) is 0 Å². The van der Waals surface area contributed by atoms with E-state index in [0.717, 1.165) is 11.6 Å². The van der Waals surface area contributed by atoms with Crippen LogP contribution in [0.4, 0.5) is 0 Å². The summed E-state index contributed by atoms with van der Waals surface area (Å²) in [5.41, 5.74) is 0. The molecule has 0 radical (unpaired) electrons. The molecule has 13 heavy (non-hydrogen) atoms. The molecule has 0 saturated carbocycles. The fourth-order valence-corrected chi connectivity index (χ4v) is 1.24. The molecule has 3 heteroatoms. The lowest BCUT2D eigenvalue weighted by atomic mass is 10.2. The van der Waals surface area contributed by atoms with Crippen LogP contribution in [0.5, 0.6) is 0 Å². The van der Waals surface area contributed by atoms with E-state index in [4.69, 9.17) is 0 Å². The maximum absolute atomic E-state index is 4.52. The van der Waals surface area contributed by atoms with E-state index in [9.17, 15) is 0 Å². The average molecular weight is 180 g/mol. The Hall–Kier alpha value is -0.990. The Morgan fingerprint density at radius 3 is 2.23 bits per heavy atom. The zero-order chi connectivity index (χ0) is 10.0. The molecular weight excluding hydrogens is 162 g/mol. The fraction of sp³-hybridized carbons (Fsp3) is 0.700. The predicted molar refractivity (Wildman–Crippen MR) is 51.4 cm³/mol. The van der Waals surface area contributed by atoms with Gasteiger partial charge in [-0.15, -0.1) is 0 Å². The largest absolute Gasteiger partial charge is 0.278 e. The van der Waals surface area contributed by atoms with E-state index in [2.05, 4.69) is 37.7 Å². The van der Waals surface area contributed by atoms with Gasteiger partial charge in [-0.3, -0.25) is 0 Å². The molecule has 72 valence electrons. The number of rotatable bonds is 2. The maximum atomic E-state index is 4.52. The zero-order valence-electron chi connectivity index (χ0n) is 9.07. The van der Waals surface area contributed by atoms with Crippen molar-refractivity contribution in [2.45, 2.75) is 39.5 Å². The van der Waals surface area contributed by atoms with Gasteiger partial charge >= 0.3 is 0 Å². The van der Waals surface area contributed by atoms with Gasteiger partial charge < -0.3 is 0 Å². The minimum absolute atomic E-state index is 0.402. The average Bonchev–Trinajstić information content (AvgIpc) is 2.04. The van der Waals surface area contributed by atoms with Crippen LogP contribution in [0.1, 0.15) is 51.2 Å². The first-order valence-corrected chi connectivity index (χ1v) is 4.74. The van der Waals surface area contributed by atoms with Crippen LogP contribution >= 0.6 is 0 Å². The highest BCUT2D eigenvalue weighted by Crippen LogP contribution is 2.10. The van der Waals surface area contributed by atoms with Gasteiger partial charge in [0.1, 0.15) is 0 Å². The molecule has 0 bridgehead atoms. The molecular formula is C10H18N3+. The second kappa shape index (κ2) is 3.81. The minimum atomic E-state index is 0.402. The van der Waals surface area contributed by atoms with Crippen molar-refractivity contribution in [1.82, 2.24) is 9.97 Å². The predicted octanol–water partition coefficient (Wildman–Crippen LogP) is 1.55. The Kier molecular flexibility index (Phi) is 2.96. The summed E-state index contributed by atoms with van der Waals surface area (Å²) in [6, 6.07) is 0. The number of hydrogen-bond acceptors (Lipinski definition) is 2. The van der Waals surface area contributed by atoms with Crippen molar-refractivity contribution >= 4 is 0 Å². The molecule has 0 aliphatic carbocycles. The van der Waals surface area contributed by atoms with E-state index in [-0.39, 0.29) is 0 Å². The molecule has 1 heterocycles. The zero-order valence-corrected chi connectivity index (χ0v) is 9.07. The molecule has 1 aromatic rings. The standard InChI is InChI=1S/C10H18N3/c1-7(2)9-11-6-13(5)10(12-9)8(3)4/h6-8H,1-5H3/q+1. The van der Waals surface area contributed by atoms with Crippen LogP contribution in [0.15, 0.2) is 6.33 Å². The summed E-state index contributed by atoms with van der Waals surface area (Å²) in [6.07, 6.45) is 1.84. The third kappa shape index (κ3) is 2.23. The van der Waals surface area contributed by atoms with Crippen LogP contribution in [0.3, 0.4) is 0 Å². The first kappa shape index (κ1) is 10.1. The van der Waals surface area contributed by atoms with Crippen molar-refractivity contribution in [1.29, 1.82) is 0 Å². The quantitative estimate of drug-likeness (QED) is 0.646. The summed E-state index contributed by atoms with van der Waals surface area (Å²) in [4.78, 5) is 8.80. The minimum Gasteiger partial charge on any atom is -0.240 e. The molecule has 1 rings (SSSR count). The summed E-state index contributed by atoms with van der Waals surface area (Å²) in [5.74, 6) is 2.88. The highest BCUT2D eigenvalue weighted by Gasteiger charge is 2.17. The van der Waals surface area contributed by atoms with Crippen LogP contribution in [0, 0.1) is 0 Å². The van der Waals surface area contributed by atoms with Gasteiger partial charge in [-0.2, -0.15) is 0 Å². The van der Waals surface area contributed by atoms with Gasteiger partial charge in [0.25, 0.3) is 5.82 Å². The van der Waals surface area contributed by atoms with Gasteiger partial charge in [-0.25, -0.2) is 4.57 Å². The topological polar surface area (TPSA) is 29.7 Å². The van der Waals surface area contributed by atoms with Crippen LogP contribution < -0.4 is 4.57 Å². The van der Waals surface area contributed by atoms with Gasteiger partial charge in [0, 0.05) is 11.8 Å². The molecule has 0 saturated heterocycles. The Morgan fingerprint density at radius 1 is 1.15 bits per heavy atom. The second-order valence-corrected chi connectivity index (χ2v) is 3.99. The lowest BCUT2D eigenvalue weighted by molar-refractivity contribution is -0.686. The first-order valence-electron chi connectivity index (χ1n) is 4.74. The summed E-state index contributed by atoms with van der Waals surface area (Å²) in [6.45, 7) is 8.51. The Morgan fingerprint density at radius 2 is 1.77 bits per heavy atom. The molecule has 0 N–H and O–H groups in total. The van der Waals surface area contributed by atoms with Crippen LogP contribution in [0.2, 0.25) is 0 Å². The Labute approximate surface area is 79.9 Å². The smallest absolute Gasteiger partial charge is 0.240 e. The van der Waals surface area contributed by atoms with Gasteiger partial charge in [0.2, 0.25) is 12.2 Å². The number of aromatic nitrogens is 3. The molecule has 0 aromatic carbocycles. The lowest BCUT2D eigenvalue weighted by Crippen LogP contribution is -2.37. The van der Waals surface area contributed by atoms with E-state index in [1.54, 1.807) is 0 Å². The molecule has 0 spiro atoms. The second-order valence-electron chi connectivity index (χ2n) is 3.99. The molecule has 0 atom stereocenters. The molecule has 0 aliphatic heterocycles. The highest BCUT2D eigenvalue weighted by molar-refractivity contribution is 4.93. The SMILES string of the molecule is CC(C)c1nc[n+](C)c(C(C)C)n1. The Bertz CT molecular complexity index is 292. The first-order chi connectivity index (χ1) is 6.02. The van der Waals surface area contributed by atoms with Crippen molar-refractivity contribution in [3.63, 3.8) is 0 Å². The third-order valence-electron chi connectivity index (χ3n) is 1.99. The van der Waals surface area contributed by atoms with Gasteiger partial charge in [-0.1, -0.05) is 37.7 Å². The van der Waals surface area contributed by atoms with Crippen molar-refractivity contribution in [2.75, 3.05) is 0 Å². The number of aryl methyl sites for hydroxylation is 1. The van der Waals surface area contributed by atoms with Gasteiger partial charge in [-0.05, 0) is 0 Å². The molecule has 1 aromatic heterocycles.